The van der Waals surface area contributed by atoms with Crippen molar-refractivity contribution in [2.45, 2.75) is 44.6 Å². The van der Waals surface area contributed by atoms with Crippen molar-refractivity contribution in [3.63, 3.8) is 0 Å². The van der Waals surface area contributed by atoms with Gasteiger partial charge >= 0.3 is 11.9 Å². The summed E-state index contributed by atoms with van der Waals surface area (Å²) in [4.78, 5) is 34.7. The topological polar surface area (TPSA) is 129 Å². The van der Waals surface area contributed by atoms with Gasteiger partial charge in [-0.25, -0.2) is 14.6 Å². The van der Waals surface area contributed by atoms with Gasteiger partial charge in [0, 0.05) is 29.6 Å². The number of rotatable bonds is 6. The molecule has 1 aromatic carbocycles. The lowest BCUT2D eigenvalue weighted by molar-refractivity contribution is -0.142. The molecule has 1 aromatic rings. The molecule has 1 saturated heterocycles. The molecule has 1 amide bonds. The Labute approximate surface area is 211 Å². The van der Waals surface area contributed by atoms with Crippen molar-refractivity contribution in [3.8, 4) is 11.5 Å². The first-order chi connectivity index (χ1) is 17.2. The quantitative estimate of drug-likeness (QED) is 0.570. The Kier molecular flexibility index (Phi) is 9.46. The van der Waals surface area contributed by atoms with Gasteiger partial charge in [0.25, 0.3) is 0 Å². The molecule has 4 rings (SSSR count). The van der Waals surface area contributed by atoms with Crippen LogP contribution in [0.2, 0.25) is 0 Å². The molecule has 3 aliphatic rings. The summed E-state index contributed by atoms with van der Waals surface area (Å²) in [6.07, 6.45) is 7.39. The minimum Gasteiger partial charge on any atom is -0.493 e. The SMILES string of the molecule is COc1ccc(C2=NN(C3CCN(C)CC3)C(=O)[C@H]3CCCC[C@@H]23)cc1OC.O=C(O)/C=C/C(=O)O. The normalized spacial score (nSPS) is 22.8. The van der Waals surface area contributed by atoms with Crippen LogP contribution in [0.15, 0.2) is 35.5 Å². The molecule has 0 bridgehead atoms. The van der Waals surface area contributed by atoms with Gasteiger partial charge in [-0.2, -0.15) is 5.10 Å². The third kappa shape index (κ3) is 6.63. The number of hydrogen-bond acceptors (Lipinski definition) is 7. The van der Waals surface area contributed by atoms with Crippen molar-refractivity contribution in [3.05, 3.63) is 35.9 Å². The van der Waals surface area contributed by atoms with Gasteiger partial charge in [0.1, 0.15) is 0 Å². The van der Waals surface area contributed by atoms with Gasteiger partial charge in [0.05, 0.1) is 26.0 Å². The smallest absolute Gasteiger partial charge is 0.328 e. The highest BCUT2D eigenvalue weighted by molar-refractivity contribution is 6.07. The highest BCUT2D eigenvalue weighted by Crippen LogP contribution is 2.40. The molecule has 36 heavy (non-hydrogen) atoms. The van der Waals surface area contributed by atoms with Crippen LogP contribution >= 0.6 is 0 Å². The number of fused-ring (bicyclic) bond motifs is 1. The molecule has 1 aliphatic carbocycles. The van der Waals surface area contributed by atoms with Crippen LogP contribution in [0.25, 0.3) is 0 Å². The number of benzene rings is 1. The third-order valence-corrected chi connectivity index (χ3v) is 6.96. The van der Waals surface area contributed by atoms with Crippen LogP contribution < -0.4 is 9.47 Å². The Balaban J connectivity index is 0.000000392. The summed E-state index contributed by atoms with van der Waals surface area (Å²) in [7, 11) is 5.44. The van der Waals surface area contributed by atoms with Gasteiger partial charge in [0.2, 0.25) is 5.91 Å². The molecule has 1 saturated carbocycles. The number of nitrogens with zero attached hydrogens (tertiary/aromatic N) is 3. The number of carbonyl (C=O) groups is 3. The Morgan fingerprint density at radius 3 is 2.08 bits per heavy atom. The molecule has 2 atom stereocenters. The lowest BCUT2D eigenvalue weighted by Gasteiger charge is -2.43. The first-order valence-corrected chi connectivity index (χ1v) is 12.2. The second-order valence-corrected chi connectivity index (χ2v) is 9.28. The van der Waals surface area contributed by atoms with E-state index in [1.165, 1.54) is 0 Å². The van der Waals surface area contributed by atoms with E-state index < -0.39 is 11.9 Å². The summed E-state index contributed by atoms with van der Waals surface area (Å²) < 4.78 is 10.9. The molecular formula is C26H35N3O7. The fourth-order valence-electron chi connectivity index (χ4n) is 5.07. The minimum absolute atomic E-state index is 0.0639. The van der Waals surface area contributed by atoms with E-state index >= 15 is 0 Å². The summed E-state index contributed by atoms with van der Waals surface area (Å²) in [5, 5.41) is 22.4. The molecule has 2 fully saturated rings. The summed E-state index contributed by atoms with van der Waals surface area (Å²) >= 11 is 0. The van der Waals surface area contributed by atoms with Crippen molar-refractivity contribution < 1.29 is 34.1 Å². The van der Waals surface area contributed by atoms with E-state index in [9.17, 15) is 14.4 Å². The summed E-state index contributed by atoms with van der Waals surface area (Å²) in [6.45, 7) is 2.04. The Bertz CT molecular complexity index is 999. The average Bonchev–Trinajstić information content (AvgIpc) is 2.88. The zero-order valence-corrected chi connectivity index (χ0v) is 21.1. The van der Waals surface area contributed by atoms with Gasteiger partial charge in [-0.15, -0.1) is 0 Å². The standard InChI is InChI=1S/C22H31N3O3.C4H4O4/c1-24-12-10-16(11-13-24)25-22(26)18-7-5-4-6-17(18)21(23-25)15-8-9-19(27-2)20(14-15)28-3;5-3(6)1-2-4(7)8/h8-9,14,16-18H,4-7,10-13H2,1-3H3;1-2H,(H,5,6)(H,7,8)/b;2-1+/t17-,18+;/m1./s1. The molecular weight excluding hydrogens is 466 g/mol. The maximum absolute atomic E-state index is 13.3. The molecule has 0 radical (unpaired) electrons. The highest BCUT2D eigenvalue weighted by atomic mass is 16.5. The molecule has 10 nitrogen and oxygen atoms in total. The van der Waals surface area contributed by atoms with E-state index in [0.29, 0.717) is 23.7 Å². The van der Waals surface area contributed by atoms with Crippen LogP contribution in [0, 0.1) is 11.8 Å². The molecule has 0 spiro atoms. The zero-order chi connectivity index (χ0) is 26.2. The number of hydrazone groups is 1. The number of amides is 1. The van der Waals surface area contributed by atoms with Crippen LogP contribution in [0.4, 0.5) is 0 Å². The van der Waals surface area contributed by atoms with Crippen LogP contribution in [0.5, 0.6) is 11.5 Å². The van der Waals surface area contributed by atoms with Crippen molar-refractivity contribution in [1.82, 2.24) is 9.91 Å². The molecule has 2 aliphatic heterocycles. The first-order valence-electron chi connectivity index (χ1n) is 12.2. The van der Waals surface area contributed by atoms with Crippen molar-refractivity contribution in [2.75, 3.05) is 34.4 Å². The Hall–Kier alpha value is -3.40. The molecule has 2 N–H and O–H groups in total. The molecule has 196 valence electrons. The van der Waals surface area contributed by atoms with Crippen LogP contribution in [0.1, 0.15) is 44.1 Å². The highest BCUT2D eigenvalue weighted by Gasteiger charge is 2.43. The average molecular weight is 502 g/mol. The lowest BCUT2D eigenvalue weighted by atomic mass is 9.73. The molecule has 10 heteroatoms. The number of carbonyl (C=O) groups excluding carboxylic acids is 1. The van der Waals surface area contributed by atoms with E-state index in [1.807, 2.05) is 17.1 Å². The second kappa shape index (κ2) is 12.5. The van der Waals surface area contributed by atoms with Gasteiger partial charge < -0.3 is 24.6 Å². The summed E-state index contributed by atoms with van der Waals surface area (Å²) in [5.41, 5.74) is 2.09. The second-order valence-electron chi connectivity index (χ2n) is 9.28. The van der Waals surface area contributed by atoms with Crippen molar-refractivity contribution in [2.24, 2.45) is 16.9 Å². The number of carboxylic acids is 2. The number of hydrogen-bond donors (Lipinski definition) is 2. The zero-order valence-electron chi connectivity index (χ0n) is 21.1. The van der Waals surface area contributed by atoms with Gasteiger partial charge in [0.15, 0.2) is 11.5 Å². The predicted molar refractivity (Wildman–Crippen MR) is 133 cm³/mol. The monoisotopic (exact) mass is 501 g/mol. The van der Waals surface area contributed by atoms with E-state index in [-0.39, 0.29) is 23.8 Å². The van der Waals surface area contributed by atoms with Gasteiger partial charge in [-0.1, -0.05) is 12.8 Å². The molecule has 0 unspecified atom stereocenters. The minimum atomic E-state index is -1.26. The third-order valence-electron chi connectivity index (χ3n) is 6.96. The Morgan fingerprint density at radius 2 is 1.53 bits per heavy atom. The number of likely N-dealkylation sites (tertiary alicyclic amines) is 1. The number of methoxy groups -OCH3 is 2. The number of aliphatic carboxylic acids is 2. The molecule has 0 aromatic heterocycles. The fourth-order valence-corrected chi connectivity index (χ4v) is 5.07. The maximum atomic E-state index is 13.3. The van der Waals surface area contributed by atoms with E-state index in [0.717, 1.165) is 62.9 Å². The van der Waals surface area contributed by atoms with E-state index in [2.05, 4.69) is 18.0 Å². The number of ether oxygens (including phenoxy) is 2. The van der Waals surface area contributed by atoms with Crippen LogP contribution in [-0.4, -0.2) is 84.1 Å². The largest absolute Gasteiger partial charge is 0.493 e. The maximum Gasteiger partial charge on any atom is 0.328 e. The van der Waals surface area contributed by atoms with Crippen molar-refractivity contribution >= 4 is 23.6 Å². The number of piperidine rings is 1. The fraction of sp³-hybridized carbons (Fsp3) is 0.538. The predicted octanol–water partition coefficient (Wildman–Crippen LogP) is 2.86. The molecule has 2 heterocycles. The van der Waals surface area contributed by atoms with Crippen LogP contribution in [-0.2, 0) is 14.4 Å². The summed E-state index contributed by atoms with van der Waals surface area (Å²) in [5.74, 6) is -0.581. The van der Waals surface area contributed by atoms with Gasteiger partial charge in [-0.3, -0.25) is 4.79 Å². The summed E-state index contributed by atoms with van der Waals surface area (Å²) in [6, 6.07) is 6.20. The van der Waals surface area contributed by atoms with E-state index in [1.54, 1.807) is 14.2 Å². The van der Waals surface area contributed by atoms with E-state index in [4.69, 9.17) is 24.8 Å². The number of carboxylic acid groups (broad SMARTS) is 2. The lowest BCUT2D eigenvalue weighted by Crippen LogP contribution is -2.52. The first kappa shape index (κ1) is 27.2. The Morgan fingerprint density at radius 1 is 0.944 bits per heavy atom. The van der Waals surface area contributed by atoms with Crippen LogP contribution in [0.3, 0.4) is 0 Å². The van der Waals surface area contributed by atoms with Crippen molar-refractivity contribution in [1.29, 1.82) is 0 Å². The van der Waals surface area contributed by atoms with Gasteiger partial charge in [-0.05, 0) is 64.0 Å².